The van der Waals surface area contributed by atoms with E-state index in [0.717, 1.165) is 11.6 Å². The van der Waals surface area contributed by atoms with Crippen molar-refractivity contribution in [1.82, 2.24) is 9.97 Å². The third kappa shape index (κ3) is 4.95. The molecule has 1 heterocycles. The first-order chi connectivity index (χ1) is 13.4. The predicted octanol–water partition coefficient (Wildman–Crippen LogP) is 4.87. The second-order valence-electron chi connectivity index (χ2n) is 5.86. The number of hydrogen-bond acceptors (Lipinski definition) is 4. The molecule has 1 aromatic heterocycles. The highest BCUT2D eigenvalue weighted by molar-refractivity contribution is 7.84. The van der Waals surface area contributed by atoms with Crippen LogP contribution in [0.3, 0.4) is 0 Å². The summed E-state index contributed by atoms with van der Waals surface area (Å²) >= 11 is 0. The van der Waals surface area contributed by atoms with Gasteiger partial charge in [0.1, 0.15) is 18.1 Å². The summed E-state index contributed by atoms with van der Waals surface area (Å²) in [5.74, 6) is 0.618. The Morgan fingerprint density at radius 1 is 1.00 bits per heavy atom. The quantitative estimate of drug-likeness (QED) is 0.548. The molecule has 0 aliphatic carbocycles. The maximum absolute atomic E-state index is 13.2. The Morgan fingerprint density at radius 3 is 2.43 bits per heavy atom. The van der Waals surface area contributed by atoms with Crippen LogP contribution >= 0.6 is 0 Å². The highest BCUT2D eigenvalue weighted by Crippen LogP contribution is 2.31. The first-order valence-electron chi connectivity index (χ1n) is 8.48. The van der Waals surface area contributed by atoms with Crippen molar-refractivity contribution in [2.45, 2.75) is 24.9 Å². The SMILES string of the molecule is CC[S@](=O)c1nc(-c2cccc(OCc3ccccc3)c2)cc(C(F)(F)F)n1. The van der Waals surface area contributed by atoms with Crippen molar-refractivity contribution in [1.29, 1.82) is 0 Å². The lowest BCUT2D eigenvalue weighted by molar-refractivity contribution is -0.141. The molecular formula is C20H17F3N2O2S. The van der Waals surface area contributed by atoms with Crippen LogP contribution in [0.5, 0.6) is 5.75 Å². The third-order valence-corrected chi connectivity index (χ3v) is 4.95. The van der Waals surface area contributed by atoms with Gasteiger partial charge in [-0.1, -0.05) is 49.4 Å². The Labute approximate surface area is 162 Å². The second kappa shape index (κ2) is 8.52. The molecule has 0 radical (unpaired) electrons. The van der Waals surface area contributed by atoms with E-state index in [1.165, 1.54) is 0 Å². The topological polar surface area (TPSA) is 52.1 Å². The Kier molecular flexibility index (Phi) is 6.08. The van der Waals surface area contributed by atoms with E-state index in [1.54, 1.807) is 31.2 Å². The number of nitrogens with zero attached hydrogens (tertiary/aromatic N) is 2. The van der Waals surface area contributed by atoms with Gasteiger partial charge in [0.05, 0.1) is 16.5 Å². The van der Waals surface area contributed by atoms with E-state index < -0.39 is 22.7 Å². The molecule has 3 rings (SSSR count). The van der Waals surface area contributed by atoms with Crippen LogP contribution in [-0.4, -0.2) is 19.9 Å². The number of halogens is 3. The second-order valence-corrected chi connectivity index (χ2v) is 7.49. The van der Waals surface area contributed by atoms with Crippen molar-refractivity contribution in [2.24, 2.45) is 0 Å². The van der Waals surface area contributed by atoms with Gasteiger partial charge in [-0.15, -0.1) is 0 Å². The summed E-state index contributed by atoms with van der Waals surface area (Å²) in [4.78, 5) is 7.51. The number of hydrogen-bond donors (Lipinski definition) is 0. The average Bonchev–Trinajstić information content (AvgIpc) is 2.71. The van der Waals surface area contributed by atoms with Crippen molar-refractivity contribution < 1.29 is 22.1 Å². The van der Waals surface area contributed by atoms with Crippen LogP contribution in [0, 0.1) is 0 Å². The smallest absolute Gasteiger partial charge is 0.433 e. The molecule has 0 amide bonds. The fourth-order valence-electron chi connectivity index (χ4n) is 2.44. The number of ether oxygens (including phenoxy) is 1. The maximum atomic E-state index is 13.2. The molecule has 0 saturated carbocycles. The zero-order valence-electron chi connectivity index (χ0n) is 14.9. The van der Waals surface area contributed by atoms with E-state index in [2.05, 4.69) is 9.97 Å². The highest BCUT2D eigenvalue weighted by Gasteiger charge is 2.34. The Bertz CT molecular complexity index is 979. The van der Waals surface area contributed by atoms with Crippen LogP contribution in [0.15, 0.2) is 65.8 Å². The van der Waals surface area contributed by atoms with Crippen LogP contribution in [-0.2, 0) is 23.6 Å². The van der Waals surface area contributed by atoms with Gasteiger partial charge in [0.15, 0.2) is 0 Å². The number of benzene rings is 2. The lowest BCUT2D eigenvalue weighted by Crippen LogP contribution is -2.13. The molecule has 28 heavy (non-hydrogen) atoms. The summed E-state index contributed by atoms with van der Waals surface area (Å²) in [6.45, 7) is 1.92. The molecule has 4 nitrogen and oxygen atoms in total. The molecule has 0 unspecified atom stereocenters. The fraction of sp³-hybridized carbons (Fsp3) is 0.200. The lowest BCUT2D eigenvalue weighted by Gasteiger charge is -2.11. The summed E-state index contributed by atoms with van der Waals surface area (Å²) in [6, 6.07) is 17.0. The molecule has 8 heteroatoms. The van der Waals surface area contributed by atoms with Gasteiger partial charge in [-0.25, -0.2) is 9.97 Å². The molecule has 2 aromatic carbocycles. The predicted molar refractivity (Wildman–Crippen MR) is 100 cm³/mol. The normalized spacial score (nSPS) is 12.6. The third-order valence-electron chi connectivity index (χ3n) is 3.84. The molecule has 0 aliphatic rings. The van der Waals surface area contributed by atoms with Gasteiger partial charge in [0.25, 0.3) is 0 Å². The number of alkyl halides is 3. The van der Waals surface area contributed by atoms with Crippen molar-refractivity contribution in [3.63, 3.8) is 0 Å². The fourth-order valence-corrected chi connectivity index (χ4v) is 3.09. The minimum atomic E-state index is -4.66. The van der Waals surface area contributed by atoms with Gasteiger partial charge in [-0.05, 0) is 23.8 Å². The molecular weight excluding hydrogens is 389 g/mol. The molecule has 1 atom stereocenters. The van der Waals surface area contributed by atoms with Crippen molar-refractivity contribution in [2.75, 3.05) is 5.75 Å². The van der Waals surface area contributed by atoms with Gasteiger partial charge >= 0.3 is 6.18 Å². The van der Waals surface area contributed by atoms with Gasteiger partial charge in [-0.3, -0.25) is 4.21 Å². The van der Waals surface area contributed by atoms with Gasteiger partial charge in [0, 0.05) is 11.3 Å². The largest absolute Gasteiger partial charge is 0.489 e. The van der Waals surface area contributed by atoms with Crippen molar-refractivity contribution in [3.05, 3.63) is 71.9 Å². The first kappa shape index (κ1) is 20.0. The molecule has 3 aromatic rings. The Hall–Kier alpha value is -2.74. The molecule has 146 valence electrons. The van der Waals surface area contributed by atoms with E-state index in [-0.39, 0.29) is 16.6 Å². The standard InChI is InChI=1S/C20H17F3N2O2S/c1-2-28(26)19-24-17(12-18(25-19)20(21,22)23)15-9-6-10-16(11-15)27-13-14-7-4-3-5-8-14/h3-12H,2,13H2,1H3/t28-/m0/s1. The van der Waals surface area contributed by atoms with Gasteiger partial charge in [-0.2, -0.15) is 13.2 Å². The van der Waals surface area contributed by atoms with E-state index >= 15 is 0 Å². The average molecular weight is 406 g/mol. The summed E-state index contributed by atoms with van der Waals surface area (Å²) in [5, 5.41) is -0.331. The number of aromatic nitrogens is 2. The minimum absolute atomic E-state index is 0.0456. The van der Waals surface area contributed by atoms with Gasteiger partial charge in [0.2, 0.25) is 5.16 Å². The maximum Gasteiger partial charge on any atom is 0.433 e. The van der Waals surface area contributed by atoms with Crippen molar-refractivity contribution in [3.8, 4) is 17.0 Å². The zero-order valence-corrected chi connectivity index (χ0v) is 15.8. The summed E-state index contributed by atoms with van der Waals surface area (Å²) in [7, 11) is -1.71. The zero-order chi connectivity index (χ0) is 20.1. The lowest BCUT2D eigenvalue weighted by atomic mass is 10.1. The van der Waals surface area contributed by atoms with Crippen LogP contribution in [0.2, 0.25) is 0 Å². The summed E-state index contributed by atoms with van der Waals surface area (Å²) < 4.78 is 57.3. The Balaban J connectivity index is 1.93. The molecule has 0 fully saturated rings. The van der Waals surface area contributed by atoms with Crippen LogP contribution in [0.25, 0.3) is 11.3 Å². The molecule has 0 bridgehead atoms. The van der Waals surface area contributed by atoms with E-state index in [9.17, 15) is 17.4 Å². The van der Waals surface area contributed by atoms with E-state index in [0.29, 0.717) is 17.9 Å². The van der Waals surface area contributed by atoms with E-state index in [4.69, 9.17) is 4.74 Å². The van der Waals surface area contributed by atoms with Crippen molar-refractivity contribution >= 4 is 10.8 Å². The summed E-state index contributed by atoms with van der Waals surface area (Å²) in [6.07, 6.45) is -4.66. The van der Waals surface area contributed by atoms with Crippen LogP contribution < -0.4 is 4.74 Å². The summed E-state index contributed by atoms with van der Waals surface area (Å²) in [5.41, 5.74) is 0.317. The van der Waals surface area contributed by atoms with Gasteiger partial charge < -0.3 is 4.74 Å². The monoisotopic (exact) mass is 406 g/mol. The highest BCUT2D eigenvalue weighted by atomic mass is 32.2. The molecule has 0 saturated heterocycles. The molecule has 0 N–H and O–H groups in total. The minimum Gasteiger partial charge on any atom is -0.489 e. The van der Waals surface area contributed by atoms with Crippen LogP contribution in [0.1, 0.15) is 18.2 Å². The van der Waals surface area contributed by atoms with Crippen LogP contribution in [0.4, 0.5) is 13.2 Å². The Morgan fingerprint density at radius 2 is 1.75 bits per heavy atom. The molecule has 0 aliphatic heterocycles. The number of rotatable bonds is 6. The van der Waals surface area contributed by atoms with E-state index in [1.807, 2.05) is 30.3 Å². The molecule has 0 spiro atoms. The first-order valence-corrected chi connectivity index (χ1v) is 9.80.